The summed E-state index contributed by atoms with van der Waals surface area (Å²) in [6.45, 7) is 0.685. The van der Waals surface area contributed by atoms with Crippen LogP contribution >= 0.6 is 0 Å². The Morgan fingerprint density at radius 2 is 2.00 bits per heavy atom. The molecule has 1 aliphatic rings. The number of aromatic nitrogens is 4. The lowest BCUT2D eigenvalue weighted by molar-refractivity contribution is -0.380. The van der Waals surface area contributed by atoms with E-state index in [0.717, 1.165) is 11.2 Å². The first-order chi connectivity index (χ1) is 12.3. The molecule has 1 aromatic carbocycles. The van der Waals surface area contributed by atoms with Gasteiger partial charge in [-0.3, -0.25) is 0 Å². The summed E-state index contributed by atoms with van der Waals surface area (Å²) in [7, 11) is 0. The second kappa shape index (κ2) is 7.04. The molecule has 0 aliphatic heterocycles. The van der Waals surface area contributed by atoms with Crippen LogP contribution in [0, 0.1) is 11.7 Å². The fraction of sp³-hybridized carbons (Fsp3) is 0.389. The zero-order valence-electron chi connectivity index (χ0n) is 13.9. The number of nitrogens with one attached hydrogen (secondary N) is 3. The minimum Gasteiger partial charge on any atom is -0.466 e. The van der Waals surface area contributed by atoms with Crippen LogP contribution in [0.5, 0.6) is 5.88 Å². The Morgan fingerprint density at radius 1 is 1.20 bits per heavy atom. The number of rotatable bonds is 5. The second-order valence-electron chi connectivity index (χ2n) is 6.46. The fourth-order valence-corrected chi connectivity index (χ4v) is 3.24. The van der Waals surface area contributed by atoms with E-state index in [9.17, 15) is 4.39 Å². The fourth-order valence-electron chi connectivity index (χ4n) is 3.24. The molecule has 130 valence electrons. The van der Waals surface area contributed by atoms with Gasteiger partial charge in [-0.25, -0.2) is 19.7 Å². The zero-order valence-corrected chi connectivity index (χ0v) is 13.9. The van der Waals surface area contributed by atoms with Crippen LogP contribution < -0.4 is 15.0 Å². The molecule has 2 aromatic heterocycles. The number of H-pyrrole nitrogens is 2. The molecule has 0 saturated heterocycles. The highest BCUT2D eigenvalue weighted by Crippen LogP contribution is 2.25. The Morgan fingerprint density at radius 3 is 2.80 bits per heavy atom. The predicted molar refractivity (Wildman–Crippen MR) is 92.2 cm³/mol. The molecular formula is C18H21FN5O+. The van der Waals surface area contributed by atoms with Crippen LogP contribution in [-0.2, 0) is 0 Å². The van der Waals surface area contributed by atoms with Crippen LogP contribution in [0.15, 0.2) is 30.6 Å². The van der Waals surface area contributed by atoms with Crippen molar-refractivity contribution in [1.29, 1.82) is 0 Å². The van der Waals surface area contributed by atoms with E-state index < -0.39 is 0 Å². The number of anilines is 2. The molecule has 0 amide bonds. The summed E-state index contributed by atoms with van der Waals surface area (Å²) in [5, 5.41) is 3.12. The molecule has 1 aliphatic carbocycles. The Balaban J connectivity index is 1.54. The van der Waals surface area contributed by atoms with Crippen LogP contribution in [0.2, 0.25) is 0 Å². The van der Waals surface area contributed by atoms with Crippen molar-refractivity contribution in [2.24, 2.45) is 5.92 Å². The van der Waals surface area contributed by atoms with E-state index in [-0.39, 0.29) is 5.82 Å². The van der Waals surface area contributed by atoms with E-state index in [1.165, 1.54) is 44.2 Å². The Bertz CT molecular complexity index is 842. The van der Waals surface area contributed by atoms with Gasteiger partial charge in [-0.2, -0.15) is 0 Å². The van der Waals surface area contributed by atoms with Crippen molar-refractivity contribution in [1.82, 2.24) is 15.0 Å². The molecule has 2 heterocycles. The summed E-state index contributed by atoms with van der Waals surface area (Å²) in [4.78, 5) is 14.9. The van der Waals surface area contributed by atoms with Gasteiger partial charge in [0.25, 0.3) is 11.5 Å². The third kappa shape index (κ3) is 3.70. The van der Waals surface area contributed by atoms with Gasteiger partial charge >= 0.3 is 5.95 Å². The second-order valence-corrected chi connectivity index (χ2v) is 6.46. The number of benzene rings is 1. The zero-order chi connectivity index (χ0) is 17.1. The SMILES string of the molecule is Fc1ccc(Nc2nc3nc[nH]c3c(OCC3CCCCC3)[nH+]2)cc1. The lowest BCUT2D eigenvalue weighted by atomic mass is 9.90. The summed E-state index contributed by atoms with van der Waals surface area (Å²) >= 11 is 0. The highest BCUT2D eigenvalue weighted by Gasteiger charge is 2.20. The molecule has 4 rings (SSSR count). The first-order valence-electron chi connectivity index (χ1n) is 8.70. The number of nitrogens with zero attached hydrogens (tertiary/aromatic N) is 2. The van der Waals surface area contributed by atoms with Gasteiger partial charge in [-0.15, -0.1) is 0 Å². The molecular weight excluding hydrogens is 321 g/mol. The molecule has 25 heavy (non-hydrogen) atoms. The number of ether oxygens (including phenoxy) is 1. The molecule has 3 N–H and O–H groups in total. The Kier molecular flexibility index (Phi) is 4.45. The average molecular weight is 342 g/mol. The van der Waals surface area contributed by atoms with Crippen molar-refractivity contribution in [3.8, 4) is 5.88 Å². The molecule has 1 fully saturated rings. The van der Waals surface area contributed by atoms with E-state index in [1.54, 1.807) is 18.5 Å². The number of halogens is 1. The van der Waals surface area contributed by atoms with Crippen LogP contribution in [-0.4, -0.2) is 21.6 Å². The van der Waals surface area contributed by atoms with Gasteiger partial charge in [0, 0.05) is 0 Å². The van der Waals surface area contributed by atoms with Crippen molar-refractivity contribution in [3.63, 3.8) is 0 Å². The standard InChI is InChI=1S/C18H20FN5O/c19-13-6-8-14(9-7-13)22-18-23-16-15(20-11-21-16)17(24-18)25-10-12-4-2-1-3-5-12/h6-9,11-12H,1-5,10H2,(H2,20,21,22,23,24)/p+1. The van der Waals surface area contributed by atoms with Crippen LogP contribution in [0.25, 0.3) is 11.2 Å². The van der Waals surface area contributed by atoms with E-state index in [1.807, 2.05) is 0 Å². The summed E-state index contributed by atoms with van der Waals surface area (Å²) in [6, 6.07) is 6.11. The summed E-state index contributed by atoms with van der Waals surface area (Å²) < 4.78 is 19.1. The normalized spacial score (nSPS) is 15.4. The number of imidazole rings is 1. The molecule has 0 radical (unpaired) electrons. The number of fused-ring (bicyclic) bond motifs is 1. The quantitative estimate of drug-likeness (QED) is 0.742. The molecule has 0 unspecified atom stereocenters. The van der Waals surface area contributed by atoms with Gasteiger partial charge in [-0.05, 0) is 48.0 Å². The van der Waals surface area contributed by atoms with E-state index in [2.05, 4.69) is 25.3 Å². The molecule has 6 nitrogen and oxygen atoms in total. The van der Waals surface area contributed by atoms with Crippen molar-refractivity contribution in [2.45, 2.75) is 32.1 Å². The van der Waals surface area contributed by atoms with Crippen molar-refractivity contribution in [3.05, 3.63) is 36.4 Å². The highest BCUT2D eigenvalue weighted by molar-refractivity contribution is 5.75. The number of aromatic amines is 2. The van der Waals surface area contributed by atoms with E-state index in [0.29, 0.717) is 30.0 Å². The summed E-state index contributed by atoms with van der Waals surface area (Å²) in [6.07, 6.45) is 7.93. The molecule has 0 bridgehead atoms. The van der Waals surface area contributed by atoms with E-state index >= 15 is 0 Å². The molecule has 3 aromatic rings. The van der Waals surface area contributed by atoms with Gasteiger partial charge in [-0.1, -0.05) is 19.3 Å². The van der Waals surface area contributed by atoms with Crippen LogP contribution in [0.3, 0.4) is 0 Å². The predicted octanol–water partition coefficient (Wildman–Crippen LogP) is 3.61. The van der Waals surface area contributed by atoms with E-state index in [4.69, 9.17) is 4.74 Å². The van der Waals surface area contributed by atoms with Gasteiger partial charge in [0.15, 0.2) is 5.52 Å². The van der Waals surface area contributed by atoms with Gasteiger partial charge in [0.1, 0.15) is 5.82 Å². The minimum atomic E-state index is -0.276. The molecule has 0 spiro atoms. The van der Waals surface area contributed by atoms with Crippen molar-refractivity contribution >= 4 is 22.8 Å². The Labute approximate surface area is 144 Å². The third-order valence-corrected chi connectivity index (χ3v) is 4.59. The smallest absolute Gasteiger partial charge is 0.399 e. The largest absolute Gasteiger partial charge is 0.466 e. The number of hydrogen-bond donors (Lipinski definition) is 2. The maximum atomic E-state index is 13.0. The van der Waals surface area contributed by atoms with Crippen LogP contribution in [0.1, 0.15) is 32.1 Å². The molecule has 1 saturated carbocycles. The maximum Gasteiger partial charge on any atom is 0.399 e. The van der Waals surface area contributed by atoms with Crippen molar-refractivity contribution < 1.29 is 14.1 Å². The van der Waals surface area contributed by atoms with Crippen LogP contribution in [0.4, 0.5) is 16.0 Å². The van der Waals surface area contributed by atoms with Gasteiger partial charge in [0.2, 0.25) is 0 Å². The summed E-state index contributed by atoms with van der Waals surface area (Å²) in [5.41, 5.74) is 2.06. The average Bonchev–Trinajstić information content (AvgIpc) is 3.11. The monoisotopic (exact) mass is 342 g/mol. The molecule has 7 heteroatoms. The summed E-state index contributed by atoms with van der Waals surface area (Å²) in [5.74, 6) is 1.45. The lowest BCUT2D eigenvalue weighted by Gasteiger charge is -2.21. The Hall–Kier alpha value is -2.70. The minimum absolute atomic E-state index is 0.276. The first kappa shape index (κ1) is 15.8. The van der Waals surface area contributed by atoms with Gasteiger partial charge < -0.3 is 9.72 Å². The first-order valence-corrected chi connectivity index (χ1v) is 8.70. The maximum absolute atomic E-state index is 13.0. The molecule has 0 atom stereocenters. The van der Waals surface area contributed by atoms with Gasteiger partial charge in [0.05, 0.1) is 18.6 Å². The topological polar surface area (TPSA) is 77.0 Å². The van der Waals surface area contributed by atoms with Crippen molar-refractivity contribution in [2.75, 3.05) is 11.9 Å². The number of hydrogen-bond acceptors (Lipinski definition) is 4. The lowest BCUT2D eigenvalue weighted by Crippen LogP contribution is -2.21. The third-order valence-electron chi connectivity index (χ3n) is 4.59. The highest BCUT2D eigenvalue weighted by atomic mass is 19.1.